The minimum atomic E-state index is -0.172. The van der Waals surface area contributed by atoms with E-state index in [4.69, 9.17) is 4.74 Å². The van der Waals surface area contributed by atoms with Gasteiger partial charge in [-0.25, -0.2) is 0 Å². The summed E-state index contributed by atoms with van der Waals surface area (Å²) < 4.78 is 5.68. The highest BCUT2D eigenvalue weighted by atomic mass is 16.5. The first kappa shape index (κ1) is 13.8. The Kier molecular flexibility index (Phi) is 4.11. The minimum absolute atomic E-state index is 0.172. The Bertz CT molecular complexity index is 741. The van der Waals surface area contributed by atoms with E-state index in [9.17, 15) is 4.79 Å². The molecule has 0 unspecified atom stereocenters. The molecule has 0 saturated carbocycles. The predicted molar refractivity (Wildman–Crippen MR) is 84.0 cm³/mol. The van der Waals surface area contributed by atoms with Crippen molar-refractivity contribution in [2.45, 2.75) is 0 Å². The van der Waals surface area contributed by atoms with Crippen molar-refractivity contribution in [1.29, 1.82) is 0 Å². The molecule has 0 saturated heterocycles. The van der Waals surface area contributed by atoms with E-state index in [2.05, 4.69) is 16.4 Å². The van der Waals surface area contributed by atoms with Crippen molar-refractivity contribution >= 4 is 11.6 Å². The van der Waals surface area contributed by atoms with E-state index in [1.165, 1.54) is 0 Å². The molecule has 1 amide bonds. The van der Waals surface area contributed by atoms with Crippen LogP contribution in [-0.2, 0) is 0 Å². The summed E-state index contributed by atoms with van der Waals surface area (Å²) in [5.74, 6) is 1.27. The maximum Gasteiger partial charge on any atom is 0.255 e. The van der Waals surface area contributed by atoms with Crippen LogP contribution in [0.3, 0.4) is 0 Å². The molecule has 107 valence electrons. The molecule has 2 aromatic carbocycles. The summed E-state index contributed by atoms with van der Waals surface area (Å²) in [7, 11) is 0. The molecular formula is C18H13N2O2. The Labute approximate surface area is 128 Å². The molecule has 1 heterocycles. The Morgan fingerprint density at radius 1 is 0.909 bits per heavy atom. The molecule has 22 heavy (non-hydrogen) atoms. The number of carbonyl (C=O) groups is 1. The normalized spacial score (nSPS) is 10.0. The maximum atomic E-state index is 12.0. The van der Waals surface area contributed by atoms with E-state index in [1.54, 1.807) is 60.9 Å². The molecule has 0 atom stereocenters. The first-order chi connectivity index (χ1) is 10.8. The quantitative estimate of drug-likeness (QED) is 0.791. The number of amides is 1. The largest absolute Gasteiger partial charge is 0.457 e. The van der Waals surface area contributed by atoms with E-state index >= 15 is 0 Å². The van der Waals surface area contributed by atoms with E-state index < -0.39 is 0 Å². The Morgan fingerprint density at radius 2 is 1.55 bits per heavy atom. The zero-order chi connectivity index (χ0) is 15.2. The number of pyridine rings is 1. The molecule has 4 heteroatoms. The number of hydrogen-bond donors (Lipinski definition) is 1. The van der Waals surface area contributed by atoms with Gasteiger partial charge in [-0.1, -0.05) is 12.1 Å². The van der Waals surface area contributed by atoms with Crippen LogP contribution in [0.2, 0.25) is 0 Å². The fourth-order valence-corrected chi connectivity index (χ4v) is 1.89. The highest BCUT2D eigenvalue weighted by Crippen LogP contribution is 2.22. The number of anilines is 1. The van der Waals surface area contributed by atoms with Crippen molar-refractivity contribution in [2.24, 2.45) is 0 Å². The van der Waals surface area contributed by atoms with Gasteiger partial charge in [0.1, 0.15) is 11.5 Å². The third-order valence-electron chi connectivity index (χ3n) is 2.98. The molecule has 3 aromatic rings. The van der Waals surface area contributed by atoms with Crippen LogP contribution in [0.15, 0.2) is 73.1 Å². The van der Waals surface area contributed by atoms with Gasteiger partial charge < -0.3 is 10.1 Å². The van der Waals surface area contributed by atoms with E-state index in [0.717, 1.165) is 5.75 Å². The lowest BCUT2D eigenvalue weighted by Gasteiger charge is -2.08. The van der Waals surface area contributed by atoms with Crippen molar-refractivity contribution in [3.8, 4) is 11.5 Å². The molecule has 4 nitrogen and oxygen atoms in total. The second kappa shape index (κ2) is 6.54. The number of hydrogen-bond acceptors (Lipinski definition) is 3. The highest BCUT2D eigenvalue weighted by molar-refractivity contribution is 6.04. The maximum absolute atomic E-state index is 12.0. The van der Waals surface area contributed by atoms with Crippen LogP contribution in [-0.4, -0.2) is 10.9 Å². The van der Waals surface area contributed by atoms with E-state index in [0.29, 0.717) is 17.0 Å². The molecule has 1 radical (unpaired) electrons. The van der Waals surface area contributed by atoms with Gasteiger partial charge in [0.15, 0.2) is 0 Å². The number of carbonyl (C=O) groups excluding carboxylic acids is 1. The number of benzene rings is 2. The molecule has 3 rings (SSSR count). The van der Waals surface area contributed by atoms with Crippen LogP contribution in [0.25, 0.3) is 0 Å². The lowest BCUT2D eigenvalue weighted by Crippen LogP contribution is -2.11. The van der Waals surface area contributed by atoms with Gasteiger partial charge in [-0.2, -0.15) is 0 Å². The molecule has 1 N–H and O–H groups in total. The summed E-state index contributed by atoms with van der Waals surface area (Å²) in [5.41, 5.74) is 1.27. The lowest BCUT2D eigenvalue weighted by molar-refractivity contribution is 0.102. The van der Waals surface area contributed by atoms with Gasteiger partial charge in [0, 0.05) is 23.6 Å². The van der Waals surface area contributed by atoms with Crippen LogP contribution in [0.4, 0.5) is 5.69 Å². The smallest absolute Gasteiger partial charge is 0.255 e. The first-order valence-electron chi connectivity index (χ1n) is 6.77. The summed E-state index contributed by atoms with van der Waals surface area (Å²) in [4.78, 5) is 15.9. The van der Waals surface area contributed by atoms with Crippen LogP contribution in [0.5, 0.6) is 11.5 Å². The Morgan fingerprint density at radius 3 is 2.23 bits per heavy atom. The van der Waals surface area contributed by atoms with E-state index in [-0.39, 0.29) is 5.91 Å². The van der Waals surface area contributed by atoms with Gasteiger partial charge in [-0.15, -0.1) is 0 Å². The van der Waals surface area contributed by atoms with Gasteiger partial charge in [-0.05, 0) is 54.6 Å². The van der Waals surface area contributed by atoms with Crippen molar-refractivity contribution < 1.29 is 9.53 Å². The summed E-state index contributed by atoms with van der Waals surface area (Å²) in [6.45, 7) is 0. The molecule has 0 aliphatic heterocycles. The van der Waals surface area contributed by atoms with Crippen LogP contribution >= 0.6 is 0 Å². The topological polar surface area (TPSA) is 51.2 Å². The van der Waals surface area contributed by atoms with Crippen molar-refractivity contribution in [3.63, 3.8) is 0 Å². The minimum Gasteiger partial charge on any atom is -0.457 e. The van der Waals surface area contributed by atoms with Crippen LogP contribution in [0.1, 0.15) is 10.4 Å². The predicted octanol–water partition coefficient (Wildman–Crippen LogP) is 3.93. The standard InChI is InChI=1S/C18H13N2O2/c21-18(14-10-12-19-13-11-14)20-15-6-8-17(9-7-15)22-16-4-2-1-3-5-16/h2-13H,(H,20,21). The summed E-state index contributed by atoms with van der Waals surface area (Å²) in [6, 6.07) is 20.7. The molecule has 0 fully saturated rings. The highest BCUT2D eigenvalue weighted by Gasteiger charge is 2.05. The number of rotatable bonds is 4. The SMILES string of the molecule is O=C(Nc1ccc(Oc2cc[c]cc2)cc1)c1ccncc1. The Hall–Kier alpha value is -3.14. The summed E-state index contributed by atoms with van der Waals surface area (Å²) in [6.07, 6.45) is 3.17. The number of aromatic nitrogens is 1. The number of ether oxygens (including phenoxy) is 1. The van der Waals surface area contributed by atoms with Gasteiger partial charge in [0.05, 0.1) is 0 Å². The molecule has 1 aromatic heterocycles. The Balaban J connectivity index is 1.66. The third-order valence-corrected chi connectivity index (χ3v) is 2.98. The number of nitrogens with zero attached hydrogens (tertiary/aromatic N) is 1. The molecule has 0 aliphatic rings. The third kappa shape index (κ3) is 3.49. The van der Waals surface area contributed by atoms with Crippen LogP contribution in [0, 0.1) is 6.07 Å². The average molecular weight is 289 g/mol. The second-order valence-corrected chi connectivity index (χ2v) is 4.55. The summed E-state index contributed by atoms with van der Waals surface area (Å²) >= 11 is 0. The van der Waals surface area contributed by atoms with Gasteiger partial charge >= 0.3 is 0 Å². The van der Waals surface area contributed by atoms with Crippen LogP contribution < -0.4 is 10.1 Å². The first-order valence-corrected chi connectivity index (χ1v) is 6.77. The van der Waals surface area contributed by atoms with E-state index in [1.807, 2.05) is 12.1 Å². The fraction of sp³-hybridized carbons (Fsp3) is 0. The van der Waals surface area contributed by atoms with Gasteiger partial charge in [0.25, 0.3) is 5.91 Å². The monoisotopic (exact) mass is 289 g/mol. The van der Waals surface area contributed by atoms with Crippen molar-refractivity contribution in [2.75, 3.05) is 5.32 Å². The second-order valence-electron chi connectivity index (χ2n) is 4.55. The van der Waals surface area contributed by atoms with Crippen molar-refractivity contribution in [1.82, 2.24) is 4.98 Å². The molecule has 0 aliphatic carbocycles. The molecule has 0 bridgehead atoms. The lowest BCUT2D eigenvalue weighted by atomic mass is 10.2. The zero-order valence-electron chi connectivity index (χ0n) is 11.7. The molecule has 0 spiro atoms. The zero-order valence-corrected chi connectivity index (χ0v) is 11.7. The van der Waals surface area contributed by atoms with Crippen molar-refractivity contribution in [3.05, 3.63) is 84.7 Å². The fourth-order valence-electron chi connectivity index (χ4n) is 1.89. The summed E-state index contributed by atoms with van der Waals surface area (Å²) in [5, 5.41) is 2.82. The molecular weight excluding hydrogens is 276 g/mol. The van der Waals surface area contributed by atoms with Gasteiger partial charge in [-0.3, -0.25) is 9.78 Å². The van der Waals surface area contributed by atoms with Gasteiger partial charge in [0.2, 0.25) is 0 Å². The number of nitrogens with one attached hydrogen (secondary N) is 1. The average Bonchev–Trinajstić information content (AvgIpc) is 2.58.